The Balaban J connectivity index is 2.83. The smallest absolute Gasteiger partial charge is 0.337 e. The van der Waals surface area contributed by atoms with Gasteiger partial charge in [0.05, 0.1) is 12.7 Å². The number of phenolic OH excluding ortho intramolecular Hbond substituents is 1. The summed E-state index contributed by atoms with van der Waals surface area (Å²) in [4.78, 5) is 15.3. The molecule has 1 aromatic carbocycles. The van der Waals surface area contributed by atoms with Crippen LogP contribution in [0.4, 0.5) is 0 Å². The van der Waals surface area contributed by atoms with E-state index >= 15 is 0 Å². The monoisotopic (exact) mass is 237 g/mol. The van der Waals surface area contributed by atoms with Crippen LogP contribution in [0.1, 0.15) is 22.3 Å². The summed E-state index contributed by atoms with van der Waals surface area (Å²) in [5.74, 6) is -0.416. The lowest BCUT2D eigenvalue weighted by molar-refractivity contribution is 0.0600. The highest BCUT2D eigenvalue weighted by Crippen LogP contribution is 2.17. The average Bonchev–Trinajstić information content (AvgIpc) is 2.35. The number of aliphatic hydroxyl groups is 1. The molecule has 0 fully saturated rings. The van der Waals surface area contributed by atoms with Crippen molar-refractivity contribution in [2.75, 3.05) is 20.3 Å². The number of aliphatic hydroxyl groups excluding tert-OH is 1. The van der Waals surface area contributed by atoms with E-state index in [-0.39, 0.29) is 12.4 Å². The number of aromatic hydroxyl groups is 1. The van der Waals surface area contributed by atoms with Gasteiger partial charge in [0.15, 0.2) is 0 Å². The summed E-state index contributed by atoms with van der Waals surface area (Å²) in [6.45, 7) is 0.546. The maximum Gasteiger partial charge on any atom is 0.337 e. The second-order valence-electron chi connectivity index (χ2n) is 3.38. The number of esters is 1. The minimum Gasteiger partial charge on any atom is -0.507 e. The number of nitrogens with zero attached hydrogens (tertiary/aromatic N) is 1. The van der Waals surface area contributed by atoms with Crippen LogP contribution in [0.25, 0.3) is 0 Å². The zero-order valence-electron chi connectivity index (χ0n) is 9.59. The molecule has 2 N–H and O–H groups in total. The van der Waals surface area contributed by atoms with Crippen molar-refractivity contribution in [1.29, 1.82) is 0 Å². The van der Waals surface area contributed by atoms with Crippen LogP contribution in [-0.2, 0) is 4.74 Å². The fourth-order valence-electron chi connectivity index (χ4n) is 1.23. The minimum atomic E-state index is -0.463. The number of hydrogen-bond acceptors (Lipinski definition) is 5. The lowest BCUT2D eigenvalue weighted by Gasteiger charge is -2.02. The van der Waals surface area contributed by atoms with Gasteiger partial charge in [-0.3, -0.25) is 4.99 Å². The van der Waals surface area contributed by atoms with Crippen molar-refractivity contribution in [3.63, 3.8) is 0 Å². The first-order chi connectivity index (χ1) is 8.19. The Hall–Kier alpha value is -1.88. The highest BCUT2D eigenvalue weighted by Gasteiger charge is 2.07. The first-order valence-electron chi connectivity index (χ1n) is 5.21. The summed E-state index contributed by atoms with van der Waals surface area (Å²) in [5.41, 5.74) is 0.805. The lowest BCUT2D eigenvalue weighted by atomic mass is 10.1. The van der Waals surface area contributed by atoms with Crippen LogP contribution in [0.15, 0.2) is 23.2 Å². The zero-order valence-corrected chi connectivity index (χ0v) is 9.59. The number of carbonyl (C=O) groups excluding carboxylic acids is 1. The van der Waals surface area contributed by atoms with Gasteiger partial charge in [-0.15, -0.1) is 0 Å². The highest BCUT2D eigenvalue weighted by atomic mass is 16.5. The number of ether oxygens (including phenoxy) is 1. The van der Waals surface area contributed by atoms with Crippen molar-refractivity contribution in [3.8, 4) is 5.75 Å². The summed E-state index contributed by atoms with van der Waals surface area (Å²) < 4.78 is 4.58. The molecule has 1 rings (SSSR count). The first-order valence-corrected chi connectivity index (χ1v) is 5.21. The zero-order chi connectivity index (χ0) is 12.7. The molecule has 0 amide bonds. The molecule has 0 atom stereocenters. The predicted octanol–water partition coefficient (Wildman–Crippen LogP) is 0.980. The minimum absolute atomic E-state index is 0.0467. The van der Waals surface area contributed by atoms with Gasteiger partial charge in [-0.25, -0.2) is 4.79 Å². The van der Waals surface area contributed by atoms with Gasteiger partial charge < -0.3 is 14.9 Å². The van der Waals surface area contributed by atoms with Crippen LogP contribution in [-0.4, -0.2) is 42.7 Å². The number of rotatable bonds is 5. The van der Waals surface area contributed by atoms with Crippen LogP contribution in [0.3, 0.4) is 0 Å². The molecule has 0 bridgehead atoms. The predicted molar refractivity (Wildman–Crippen MR) is 63.6 cm³/mol. The number of phenols is 1. The first kappa shape index (κ1) is 13.2. The van der Waals surface area contributed by atoms with Crippen LogP contribution < -0.4 is 0 Å². The maximum absolute atomic E-state index is 11.3. The third-order valence-corrected chi connectivity index (χ3v) is 2.12. The van der Waals surface area contributed by atoms with E-state index in [1.54, 1.807) is 0 Å². The van der Waals surface area contributed by atoms with Gasteiger partial charge in [0.25, 0.3) is 0 Å². The van der Waals surface area contributed by atoms with Gasteiger partial charge in [-0.2, -0.15) is 0 Å². The molecular weight excluding hydrogens is 222 g/mol. The number of methoxy groups -OCH3 is 1. The Labute approximate surface area is 99.4 Å². The molecule has 5 heteroatoms. The molecule has 0 heterocycles. The Kier molecular flexibility index (Phi) is 5.16. The molecule has 0 aliphatic carbocycles. The summed E-state index contributed by atoms with van der Waals surface area (Å²) in [5, 5.41) is 18.1. The van der Waals surface area contributed by atoms with Gasteiger partial charge in [0, 0.05) is 24.9 Å². The lowest BCUT2D eigenvalue weighted by Crippen LogP contribution is -2.01. The van der Waals surface area contributed by atoms with E-state index in [0.717, 1.165) is 0 Å². The van der Waals surface area contributed by atoms with Crippen molar-refractivity contribution < 1.29 is 19.7 Å². The Bertz CT molecular complexity index is 415. The standard InChI is InChI=1S/C12H15NO4/c1-17-12(16)9-3-4-11(15)10(7-9)8-13-5-2-6-14/h3-4,7-8,14-15H,2,5-6H2,1H3/b13-8-. The Morgan fingerprint density at radius 3 is 2.94 bits per heavy atom. The van der Waals surface area contributed by atoms with Gasteiger partial charge in [-0.1, -0.05) is 0 Å². The molecule has 0 aliphatic rings. The Morgan fingerprint density at radius 2 is 2.29 bits per heavy atom. The molecule has 0 aliphatic heterocycles. The number of carbonyl (C=O) groups is 1. The molecule has 1 aromatic rings. The number of aliphatic imine (C=N–C) groups is 1. The topological polar surface area (TPSA) is 79.1 Å². The SMILES string of the molecule is COC(=O)c1ccc(O)c(/C=N\CCCO)c1. The van der Waals surface area contributed by atoms with Crippen LogP contribution in [0.2, 0.25) is 0 Å². The van der Waals surface area contributed by atoms with E-state index in [1.807, 2.05) is 0 Å². The third-order valence-electron chi connectivity index (χ3n) is 2.12. The second kappa shape index (κ2) is 6.65. The van der Waals surface area contributed by atoms with Crippen molar-refractivity contribution >= 4 is 12.2 Å². The van der Waals surface area contributed by atoms with Crippen molar-refractivity contribution in [2.45, 2.75) is 6.42 Å². The average molecular weight is 237 g/mol. The summed E-state index contributed by atoms with van der Waals surface area (Å²) in [7, 11) is 1.30. The van der Waals surface area contributed by atoms with E-state index in [2.05, 4.69) is 9.73 Å². The largest absolute Gasteiger partial charge is 0.507 e. The third kappa shape index (κ3) is 3.88. The van der Waals surface area contributed by atoms with E-state index in [1.165, 1.54) is 31.5 Å². The van der Waals surface area contributed by atoms with Crippen LogP contribution in [0, 0.1) is 0 Å². The molecule has 0 unspecified atom stereocenters. The van der Waals surface area contributed by atoms with Crippen molar-refractivity contribution in [2.24, 2.45) is 4.99 Å². The van der Waals surface area contributed by atoms with Crippen molar-refractivity contribution in [1.82, 2.24) is 0 Å². The van der Waals surface area contributed by atoms with Crippen LogP contribution in [0.5, 0.6) is 5.75 Å². The van der Waals surface area contributed by atoms with E-state index in [4.69, 9.17) is 5.11 Å². The molecule has 17 heavy (non-hydrogen) atoms. The van der Waals surface area contributed by atoms with E-state index in [0.29, 0.717) is 24.1 Å². The molecule has 5 nitrogen and oxygen atoms in total. The van der Waals surface area contributed by atoms with Gasteiger partial charge >= 0.3 is 5.97 Å². The van der Waals surface area contributed by atoms with Gasteiger partial charge in [0.2, 0.25) is 0 Å². The molecule has 0 spiro atoms. The molecule has 0 radical (unpaired) electrons. The number of hydrogen-bond donors (Lipinski definition) is 2. The van der Waals surface area contributed by atoms with E-state index < -0.39 is 5.97 Å². The van der Waals surface area contributed by atoms with Crippen molar-refractivity contribution in [3.05, 3.63) is 29.3 Å². The van der Waals surface area contributed by atoms with Crippen LogP contribution >= 0.6 is 0 Å². The summed E-state index contributed by atoms with van der Waals surface area (Å²) in [6, 6.07) is 4.40. The fourth-order valence-corrected chi connectivity index (χ4v) is 1.23. The maximum atomic E-state index is 11.3. The molecule has 0 saturated heterocycles. The number of benzene rings is 1. The molecular formula is C12H15NO4. The van der Waals surface area contributed by atoms with Gasteiger partial charge in [-0.05, 0) is 24.6 Å². The summed E-state index contributed by atoms with van der Waals surface area (Å²) in [6.07, 6.45) is 2.03. The molecule has 92 valence electrons. The normalized spacial score (nSPS) is 10.7. The molecule has 0 aromatic heterocycles. The van der Waals surface area contributed by atoms with Gasteiger partial charge in [0.1, 0.15) is 5.75 Å². The Morgan fingerprint density at radius 1 is 1.53 bits per heavy atom. The molecule has 0 saturated carbocycles. The summed E-state index contributed by atoms with van der Waals surface area (Å²) >= 11 is 0. The highest BCUT2D eigenvalue weighted by molar-refractivity contribution is 5.93. The van der Waals surface area contributed by atoms with E-state index in [9.17, 15) is 9.90 Å². The second-order valence-corrected chi connectivity index (χ2v) is 3.38. The quantitative estimate of drug-likeness (QED) is 0.454. The fraction of sp³-hybridized carbons (Fsp3) is 0.333.